The fraction of sp³-hybridized carbons (Fsp3) is 0.600. The molecule has 2 aliphatic heterocycles. The zero-order valence-corrected chi connectivity index (χ0v) is 14.6. The minimum atomic E-state index is -3.98. The Morgan fingerprint density at radius 3 is 2.64 bits per heavy atom. The predicted molar refractivity (Wildman–Crippen MR) is 91.9 cm³/mol. The average molecular weight is 370 g/mol. The van der Waals surface area contributed by atoms with Crippen LogP contribution in [0.1, 0.15) is 19.3 Å². The van der Waals surface area contributed by atoms with E-state index in [4.69, 9.17) is 9.88 Å². The van der Waals surface area contributed by atoms with Crippen LogP contribution in [0.3, 0.4) is 0 Å². The second-order valence-corrected chi connectivity index (χ2v) is 8.01. The lowest BCUT2D eigenvalue weighted by molar-refractivity contribution is -0.384. The Kier molecular flexibility index (Phi) is 5.23. The third-order valence-corrected chi connectivity index (χ3v) is 5.69. The summed E-state index contributed by atoms with van der Waals surface area (Å²) in [6, 6.07) is 4.29. The molecule has 2 aliphatic rings. The lowest BCUT2D eigenvalue weighted by atomic mass is 10.1. The maximum Gasteiger partial charge on any atom is 0.293 e. The van der Waals surface area contributed by atoms with Crippen LogP contribution in [0.4, 0.5) is 11.4 Å². The minimum absolute atomic E-state index is 0.0851. The van der Waals surface area contributed by atoms with Gasteiger partial charge in [0.2, 0.25) is 10.0 Å². The van der Waals surface area contributed by atoms with Gasteiger partial charge in [-0.05, 0) is 31.4 Å². The van der Waals surface area contributed by atoms with E-state index in [0.717, 1.165) is 51.6 Å². The number of sulfonamides is 1. The second kappa shape index (κ2) is 7.24. The highest BCUT2D eigenvalue weighted by molar-refractivity contribution is 7.89. The summed E-state index contributed by atoms with van der Waals surface area (Å²) in [5, 5.41) is 19.5. The number of hydrogen-bond acceptors (Lipinski definition) is 7. The maximum absolute atomic E-state index is 11.4. The van der Waals surface area contributed by atoms with Gasteiger partial charge in [0.05, 0.1) is 9.82 Å². The number of anilines is 1. The Bertz CT molecular complexity index is 748. The summed E-state index contributed by atoms with van der Waals surface area (Å²) in [5.41, 5.74) is 0.0345. The SMILES string of the molecule is NS(=O)(=O)c1ccc(N[C@@H]2CCN(C3CCOCC3)C2)c([N+](=O)[O-])c1. The van der Waals surface area contributed by atoms with Gasteiger partial charge in [0.25, 0.3) is 5.69 Å². The first kappa shape index (κ1) is 18.1. The van der Waals surface area contributed by atoms with Crippen LogP contribution < -0.4 is 10.5 Å². The lowest BCUT2D eigenvalue weighted by Gasteiger charge is -2.31. The van der Waals surface area contributed by atoms with Crippen molar-refractivity contribution in [1.29, 1.82) is 0 Å². The van der Waals surface area contributed by atoms with E-state index in [0.29, 0.717) is 11.7 Å². The molecule has 10 heteroatoms. The third-order valence-electron chi connectivity index (χ3n) is 4.78. The molecule has 0 bridgehead atoms. The molecule has 0 spiro atoms. The van der Waals surface area contributed by atoms with Gasteiger partial charge in [-0.15, -0.1) is 0 Å². The smallest absolute Gasteiger partial charge is 0.293 e. The number of benzene rings is 1. The van der Waals surface area contributed by atoms with Crippen LogP contribution >= 0.6 is 0 Å². The summed E-state index contributed by atoms with van der Waals surface area (Å²) in [6.07, 6.45) is 2.90. The summed E-state index contributed by atoms with van der Waals surface area (Å²) in [4.78, 5) is 12.8. The molecule has 1 aromatic rings. The van der Waals surface area contributed by atoms with Crippen molar-refractivity contribution >= 4 is 21.4 Å². The van der Waals surface area contributed by atoms with Gasteiger partial charge < -0.3 is 10.1 Å². The van der Waals surface area contributed by atoms with E-state index < -0.39 is 14.9 Å². The minimum Gasteiger partial charge on any atom is -0.381 e. The molecule has 2 fully saturated rings. The first-order valence-electron chi connectivity index (χ1n) is 8.24. The number of primary sulfonamides is 1. The Morgan fingerprint density at radius 1 is 1.28 bits per heavy atom. The van der Waals surface area contributed by atoms with E-state index >= 15 is 0 Å². The number of likely N-dealkylation sites (tertiary alicyclic amines) is 1. The van der Waals surface area contributed by atoms with Crippen molar-refractivity contribution in [2.75, 3.05) is 31.6 Å². The topological polar surface area (TPSA) is 128 Å². The van der Waals surface area contributed by atoms with Crippen molar-refractivity contribution in [3.63, 3.8) is 0 Å². The zero-order valence-electron chi connectivity index (χ0n) is 13.8. The summed E-state index contributed by atoms with van der Waals surface area (Å²) >= 11 is 0. The van der Waals surface area contributed by atoms with E-state index in [-0.39, 0.29) is 16.6 Å². The molecule has 1 atom stereocenters. The molecule has 25 heavy (non-hydrogen) atoms. The average Bonchev–Trinajstić information content (AvgIpc) is 3.03. The molecule has 3 N–H and O–H groups in total. The van der Waals surface area contributed by atoms with Gasteiger partial charge in [-0.1, -0.05) is 0 Å². The van der Waals surface area contributed by atoms with Gasteiger partial charge >= 0.3 is 0 Å². The van der Waals surface area contributed by atoms with E-state index in [1.54, 1.807) is 0 Å². The van der Waals surface area contributed by atoms with Crippen molar-refractivity contribution in [2.24, 2.45) is 5.14 Å². The zero-order chi connectivity index (χ0) is 18.0. The first-order chi connectivity index (χ1) is 11.8. The van der Waals surface area contributed by atoms with Gasteiger partial charge in [-0.2, -0.15) is 0 Å². The normalized spacial score (nSPS) is 22.8. The molecule has 0 saturated carbocycles. The van der Waals surface area contributed by atoms with Crippen molar-refractivity contribution in [3.8, 4) is 0 Å². The summed E-state index contributed by atoms with van der Waals surface area (Å²) in [5.74, 6) is 0. The number of nitrogens with zero attached hydrogens (tertiary/aromatic N) is 2. The molecular weight excluding hydrogens is 348 g/mol. The Labute approximate surface area is 146 Å². The molecular formula is C15H22N4O5S. The fourth-order valence-corrected chi connectivity index (χ4v) is 4.00. The van der Waals surface area contributed by atoms with Crippen LogP contribution in [0.5, 0.6) is 0 Å². The van der Waals surface area contributed by atoms with Crippen LogP contribution in [0, 0.1) is 10.1 Å². The Morgan fingerprint density at radius 2 is 2.00 bits per heavy atom. The van der Waals surface area contributed by atoms with Crippen molar-refractivity contribution in [1.82, 2.24) is 4.90 Å². The Balaban J connectivity index is 1.71. The second-order valence-electron chi connectivity index (χ2n) is 6.45. The molecule has 0 aliphatic carbocycles. The standard InChI is InChI=1S/C15H22N4O5S/c16-25(22,23)13-1-2-14(15(9-13)19(20)21)17-11-3-6-18(10-11)12-4-7-24-8-5-12/h1-2,9,11-12,17H,3-8,10H2,(H2,16,22,23)/t11-/m1/s1. The van der Waals surface area contributed by atoms with Gasteiger partial charge in [-0.3, -0.25) is 15.0 Å². The summed E-state index contributed by atoms with van der Waals surface area (Å²) in [7, 11) is -3.98. The highest BCUT2D eigenvalue weighted by Crippen LogP contribution is 2.30. The fourth-order valence-electron chi connectivity index (χ4n) is 3.47. The van der Waals surface area contributed by atoms with Crippen LogP contribution in [-0.4, -0.2) is 56.6 Å². The summed E-state index contributed by atoms with van der Waals surface area (Å²) in [6.45, 7) is 3.30. The highest BCUT2D eigenvalue weighted by Gasteiger charge is 2.30. The van der Waals surface area contributed by atoms with Gasteiger partial charge in [0, 0.05) is 44.5 Å². The maximum atomic E-state index is 11.4. The van der Waals surface area contributed by atoms with E-state index in [2.05, 4.69) is 10.2 Å². The molecule has 0 radical (unpaired) electrons. The van der Waals surface area contributed by atoms with E-state index in [1.165, 1.54) is 12.1 Å². The number of nitrogens with one attached hydrogen (secondary N) is 1. The van der Waals surface area contributed by atoms with Gasteiger partial charge in [0.15, 0.2) is 0 Å². The lowest BCUT2D eigenvalue weighted by Crippen LogP contribution is -2.39. The highest BCUT2D eigenvalue weighted by atomic mass is 32.2. The van der Waals surface area contributed by atoms with Crippen LogP contribution in [-0.2, 0) is 14.8 Å². The largest absolute Gasteiger partial charge is 0.381 e. The molecule has 9 nitrogen and oxygen atoms in total. The van der Waals surface area contributed by atoms with Crippen molar-refractivity contribution < 1.29 is 18.1 Å². The van der Waals surface area contributed by atoms with Crippen molar-refractivity contribution in [3.05, 3.63) is 28.3 Å². The van der Waals surface area contributed by atoms with E-state index in [1.807, 2.05) is 0 Å². The van der Waals surface area contributed by atoms with Crippen LogP contribution in [0.15, 0.2) is 23.1 Å². The Hall–Kier alpha value is -1.75. The number of rotatable bonds is 5. The monoisotopic (exact) mass is 370 g/mol. The number of ether oxygens (including phenoxy) is 1. The first-order valence-corrected chi connectivity index (χ1v) is 9.79. The molecule has 0 amide bonds. The van der Waals surface area contributed by atoms with Crippen LogP contribution in [0.25, 0.3) is 0 Å². The molecule has 138 valence electrons. The molecule has 3 rings (SSSR count). The molecule has 0 aromatic heterocycles. The number of hydrogen-bond donors (Lipinski definition) is 2. The molecule has 2 saturated heterocycles. The van der Waals surface area contributed by atoms with Crippen LogP contribution in [0.2, 0.25) is 0 Å². The quantitative estimate of drug-likeness (QED) is 0.582. The van der Waals surface area contributed by atoms with E-state index in [9.17, 15) is 18.5 Å². The molecule has 1 aromatic carbocycles. The third kappa shape index (κ3) is 4.27. The van der Waals surface area contributed by atoms with Crippen molar-refractivity contribution in [2.45, 2.75) is 36.2 Å². The number of nitro benzene ring substituents is 1. The number of nitro groups is 1. The molecule has 2 heterocycles. The summed E-state index contributed by atoms with van der Waals surface area (Å²) < 4.78 is 28.2. The molecule has 0 unspecified atom stereocenters. The number of nitrogens with two attached hydrogens (primary N) is 1. The van der Waals surface area contributed by atoms with Gasteiger partial charge in [0.1, 0.15) is 5.69 Å². The predicted octanol–water partition coefficient (Wildman–Crippen LogP) is 0.907. The van der Waals surface area contributed by atoms with Gasteiger partial charge in [-0.25, -0.2) is 13.6 Å².